The molecule has 0 aromatic heterocycles. The zero-order valence-electron chi connectivity index (χ0n) is 11.2. The summed E-state index contributed by atoms with van der Waals surface area (Å²) in [5, 5.41) is 2.38. The second-order valence-corrected chi connectivity index (χ2v) is 6.03. The zero-order valence-corrected chi connectivity index (χ0v) is 12.0. The van der Waals surface area contributed by atoms with E-state index in [4.69, 9.17) is 5.73 Å². The van der Waals surface area contributed by atoms with Gasteiger partial charge in [0.2, 0.25) is 15.9 Å². The van der Waals surface area contributed by atoms with Gasteiger partial charge in [0.15, 0.2) is 0 Å². The van der Waals surface area contributed by atoms with Crippen LogP contribution in [-0.2, 0) is 14.8 Å². The van der Waals surface area contributed by atoms with Gasteiger partial charge in [0.05, 0.1) is 10.9 Å². The number of rotatable bonds is 5. The van der Waals surface area contributed by atoms with Crippen molar-refractivity contribution in [2.75, 3.05) is 7.05 Å². The summed E-state index contributed by atoms with van der Waals surface area (Å²) in [5.41, 5.74) is 6.44. The Bertz CT molecular complexity index is 555. The molecule has 6 nitrogen and oxygen atoms in total. The third-order valence-electron chi connectivity index (χ3n) is 2.67. The van der Waals surface area contributed by atoms with Crippen LogP contribution in [0.1, 0.15) is 25.5 Å². The lowest BCUT2D eigenvalue weighted by Gasteiger charge is -2.14. The van der Waals surface area contributed by atoms with Gasteiger partial charge in [-0.3, -0.25) is 4.79 Å². The van der Waals surface area contributed by atoms with Crippen molar-refractivity contribution in [2.24, 2.45) is 5.73 Å². The number of nitrogens with two attached hydrogens (primary N) is 1. The molecule has 0 heterocycles. The summed E-state index contributed by atoms with van der Waals surface area (Å²) in [7, 11) is -2.29. The van der Waals surface area contributed by atoms with E-state index in [1.54, 1.807) is 19.1 Å². The lowest BCUT2D eigenvalue weighted by molar-refractivity contribution is -0.121. The van der Waals surface area contributed by atoms with Crippen LogP contribution in [-0.4, -0.2) is 27.4 Å². The van der Waals surface area contributed by atoms with Crippen molar-refractivity contribution < 1.29 is 13.2 Å². The average molecular weight is 285 g/mol. The molecule has 0 bridgehead atoms. The first-order valence-corrected chi connectivity index (χ1v) is 7.35. The molecule has 106 valence electrons. The second-order valence-electron chi connectivity index (χ2n) is 4.32. The van der Waals surface area contributed by atoms with Crippen molar-refractivity contribution >= 4 is 15.9 Å². The molecule has 0 spiro atoms. The fraction of sp³-hybridized carbons (Fsp3) is 0.417. The minimum absolute atomic E-state index is 0.0954. The minimum atomic E-state index is -3.74. The Morgan fingerprint density at radius 1 is 1.32 bits per heavy atom. The molecule has 0 aliphatic rings. The molecule has 1 rings (SSSR count). The number of carbonyl (C=O) groups is 1. The Labute approximate surface area is 113 Å². The lowest BCUT2D eigenvalue weighted by atomic mass is 10.1. The Kier molecular flexibility index (Phi) is 5.04. The molecular formula is C12H19N3O3S. The van der Waals surface area contributed by atoms with Gasteiger partial charge in [-0.1, -0.05) is 12.1 Å². The van der Waals surface area contributed by atoms with Gasteiger partial charge in [-0.15, -0.1) is 0 Å². The van der Waals surface area contributed by atoms with E-state index in [1.807, 2.05) is 0 Å². The third-order valence-corrected chi connectivity index (χ3v) is 4.20. The summed E-state index contributed by atoms with van der Waals surface area (Å²) < 4.78 is 26.5. The van der Waals surface area contributed by atoms with Crippen LogP contribution in [0.3, 0.4) is 0 Å². The predicted molar refractivity (Wildman–Crippen MR) is 72.9 cm³/mol. The van der Waals surface area contributed by atoms with Gasteiger partial charge >= 0.3 is 0 Å². The van der Waals surface area contributed by atoms with Crippen LogP contribution in [0, 0.1) is 0 Å². The Morgan fingerprint density at radius 3 is 2.47 bits per heavy atom. The molecule has 4 N–H and O–H groups in total. The van der Waals surface area contributed by atoms with E-state index >= 15 is 0 Å². The largest absolute Gasteiger partial charge is 0.358 e. The van der Waals surface area contributed by atoms with Crippen LogP contribution >= 0.6 is 0 Å². The number of benzene rings is 1. The van der Waals surface area contributed by atoms with Gasteiger partial charge in [-0.2, -0.15) is 4.72 Å². The van der Waals surface area contributed by atoms with Crippen molar-refractivity contribution in [1.82, 2.24) is 10.0 Å². The number of likely N-dealkylation sites (N-methyl/N-ethyl adjacent to an activating group) is 1. The highest BCUT2D eigenvalue weighted by molar-refractivity contribution is 7.89. The number of sulfonamides is 1. The summed E-state index contributed by atoms with van der Waals surface area (Å²) >= 11 is 0. The number of nitrogens with one attached hydrogen (secondary N) is 2. The van der Waals surface area contributed by atoms with Crippen molar-refractivity contribution in [1.29, 1.82) is 0 Å². The smallest absolute Gasteiger partial charge is 0.241 e. The maximum atomic E-state index is 12.1. The van der Waals surface area contributed by atoms with Gasteiger partial charge in [0.25, 0.3) is 0 Å². The van der Waals surface area contributed by atoms with Gasteiger partial charge in [0.1, 0.15) is 0 Å². The van der Waals surface area contributed by atoms with Crippen molar-refractivity contribution in [3.05, 3.63) is 29.8 Å². The molecule has 2 unspecified atom stereocenters. The highest BCUT2D eigenvalue weighted by Crippen LogP contribution is 2.16. The van der Waals surface area contributed by atoms with Gasteiger partial charge < -0.3 is 11.1 Å². The van der Waals surface area contributed by atoms with E-state index in [-0.39, 0.29) is 10.9 Å². The molecule has 0 saturated carbocycles. The monoisotopic (exact) mass is 285 g/mol. The van der Waals surface area contributed by atoms with Crippen molar-refractivity contribution in [2.45, 2.75) is 30.8 Å². The van der Waals surface area contributed by atoms with E-state index in [2.05, 4.69) is 10.0 Å². The van der Waals surface area contributed by atoms with Gasteiger partial charge in [0, 0.05) is 13.1 Å². The highest BCUT2D eigenvalue weighted by atomic mass is 32.2. The first-order chi connectivity index (χ1) is 8.77. The van der Waals surface area contributed by atoms with Crippen LogP contribution in [0.5, 0.6) is 0 Å². The fourth-order valence-electron chi connectivity index (χ4n) is 1.54. The van der Waals surface area contributed by atoms with E-state index < -0.39 is 22.0 Å². The molecule has 7 heteroatoms. The summed E-state index contributed by atoms with van der Waals surface area (Å²) in [4.78, 5) is 11.4. The molecule has 0 aliphatic heterocycles. The van der Waals surface area contributed by atoms with Crippen LogP contribution in [0.25, 0.3) is 0 Å². The van der Waals surface area contributed by atoms with Crippen LogP contribution in [0.15, 0.2) is 29.2 Å². The highest BCUT2D eigenvalue weighted by Gasteiger charge is 2.21. The summed E-state index contributed by atoms with van der Waals surface area (Å²) in [6, 6.07) is 5.25. The molecule has 1 amide bonds. The first-order valence-electron chi connectivity index (χ1n) is 5.87. The average Bonchev–Trinajstić information content (AvgIpc) is 2.37. The second kappa shape index (κ2) is 6.14. The van der Waals surface area contributed by atoms with Gasteiger partial charge in [-0.25, -0.2) is 8.42 Å². The fourth-order valence-corrected chi connectivity index (χ4v) is 2.79. The maximum Gasteiger partial charge on any atom is 0.241 e. The number of hydrogen-bond acceptors (Lipinski definition) is 4. The molecular weight excluding hydrogens is 266 g/mol. The molecule has 1 aromatic carbocycles. The summed E-state index contributed by atoms with van der Waals surface area (Å²) in [6.45, 7) is 3.25. The Balaban J connectivity index is 3.01. The Hall–Kier alpha value is -1.44. The summed E-state index contributed by atoms with van der Waals surface area (Å²) in [6.07, 6.45) is 0. The number of amides is 1. The molecule has 1 aromatic rings. The van der Waals surface area contributed by atoms with E-state index in [0.717, 1.165) is 5.56 Å². The quantitative estimate of drug-likeness (QED) is 0.715. The molecule has 0 aliphatic carbocycles. The van der Waals surface area contributed by atoms with Crippen LogP contribution < -0.4 is 15.8 Å². The van der Waals surface area contributed by atoms with E-state index in [1.165, 1.54) is 26.1 Å². The maximum absolute atomic E-state index is 12.1. The topological polar surface area (TPSA) is 101 Å². The third kappa shape index (κ3) is 4.02. The zero-order chi connectivity index (χ0) is 14.6. The number of carbonyl (C=O) groups excluding carboxylic acids is 1. The molecule has 2 atom stereocenters. The molecule has 0 saturated heterocycles. The number of hydrogen-bond donors (Lipinski definition) is 3. The Morgan fingerprint density at radius 2 is 1.95 bits per heavy atom. The van der Waals surface area contributed by atoms with E-state index in [0.29, 0.717) is 0 Å². The summed E-state index contributed by atoms with van der Waals surface area (Å²) in [5.74, 6) is -0.396. The standard InChI is InChI=1S/C12H19N3O3S/c1-8(13)10-5-4-6-11(7-10)19(17,18)15-9(2)12(16)14-3/h4-9,15H,13H2,1-3H3,(H,14,16). The predicted octanol–water partition coefficient (Wildman–Crippen LogP) is 0.119. The molecule has 0 fully saturated rings. The van der Waals surface area contributed by atoms with E-state index in [9.17, 15) is 13.2 Å². The normalized spacial score (nSPS) is 14.7. The minimum Gasteiger partial charge on any atom is -0.358 e. The van der Waals surface area contributed by atoms with Crippen LogP contribution in [0.4, 0.5) is 0 Å². The SMILES string of the molecule is CNC(=O)C(C)NS(=O)(=O)c1cccc(C(C)N)c1. The van der Waals surface area contributed by atoms with Crippen molar-refractivity contribution in [3.8, 4) is 0 Å². The van der Waals surface area contributed by atoms with Crippen LogP contribution in [0.2, 0.25) is 0 Å². The lowest BCUT2D eigenvalue weighted by Crippen LogP contribution is -2.43. The molecule has 19 heavy (non-hydrogen) atoms. The van der Waals surface area contributed by atoms with Gasteiger partial charge in [-0.05, 0) is 31.5 Å². The van der Waals surface area contributed by atoms with Crippen molar-refractivity contribution in [3.63, 3.8) is 0 Å². The molecule has 0 radical (unpaired) electrons. The first kappa shape index (κ1) is 15.6.